The predicted molar refractivity (Wildman–Crippen MR) is 90.7 cm³/mol. The van der Waals surface area contributed by atoms with E-state index < -0.39 is 16.1 Å². The van der Waals surface area contributed by atoms with Crippen LogP contribution in [0.1, 0.15) is 38.2 Å². The standard InChI is InChI=1S/C16H25N3O3S/c1-12-7-8-14(18-16(20)13(2)17)11-15(12)23(21,22)19-9-5-3-4-6-10-19/h7-8,11,13H,3-6,9-10,17H2,1-2H3,(H,18,20)/t13-/m1/s1. The Balaban J connectivity index is 2.31. The van der Waals surface area contributed by atoms with E-state index in [4.69, 9.17) is 5.73 Å². The largest absolute Gasteiger partial charge is 0.325 e. The second-order valence-electron chi connectivity index (χ2n) is 6.08. The number of nitrogens with two attached hydrogens (primary N) is 1. The minimum Gasteiger partial charge on any atom is -0.325 e. The molecule has 0 radical (unpaired) electrons. The topological polar surface area (TPSA) is 92.5 Å². The van der Waals surface area contributed by atoms with E-state index in [1.165, 1.54) is 6.07 Å². The monoisotopic (exact) mass is 339 g/mol. The van der Waals surface area contributed by atoms with Gasteiger partial charge in [0.15, 0.2) is 0 Å². The first-order chi connectivity index (χ1) is 10.8. The fourth-order valence-corrected chi connectivity index (χ4v) is 4.40. The average Bonchev–Trinajstić information content (AvgIpc) is 2.78. The van der Waals surface area contributed by atoms with Gasteiger partial charge in [0.1, 0.15) is 0 Å². The lowest BCUT2D eigenvalue weighted by Crippen LogP contribution is -2.33. The number of carbonyl (C=O) groups is 1. The molecule has 1 amide bonds. The maximum atomic E-state index is 12.9. The van der Waals surface area contributed by atoms with Crippen LogP contribution in [0.4, 0.5) is 5.69 Å². The van der Waals surface area contributed by atoms with Gasteiger partial charge in [-0.15, -0.1) is 0 Å². The van der Waals surface area contributed by atoms with Crippen molar-refractivity contribution in [1.29, 1.82) is 0 Å². The van der Waals surface area contributed by atoms with Gasteiger partial charge < -0.3 is 11.1 Å². The van der Waals surface area contributed by atoms with Gasteiger partial charge in [0.2, 0.25) is 15.9 Å². The molecule has 1 saturated heterocycles. The van der Waals surface area contributed by atoms with Crippen molar-refractivity contribution in [3.05, 3.63) is 23.8 Å². The lowest BCUT2D eigenvalue weighted by atomic mass is 10.2. The number of hydrogen-bond acceptors (Lipinski definition) is 4. The molecule has 1 heterocycles. The normalized spacial score (nSPS) is 18.2. The molecule has 0 aromatic heterocycles. The van der Waals surface area contributed by atoms with Crippen LogP contribution in [0.5, 0.6) is 0 Å². The summed E-state index contributed by atoms with van der Waals surface area (Å²) < 4.78 is 27.4. The molecule has 23 heavy (non-hydrogen) atoms. The molecule has 1 fully saturated rings. The molecule has 1 aromatic carbocycles. The zero-order valence-corrected chi connectivity index (χ0v) is 14.5. The molecule has 1 aliphatic rings. The Morgan fingerprint density at radius 3 is 2.39 bits per heavy atom. The van der Waals surface area contributed by atoms with Crippen LogP contribution in [0.15, 0.2) is 23.1 Å². The van der Waals surface area contributed by atoms with Crippen LogP contribution in [0.2, 0.25) is 0 Å². The summed E-state index contributed by atoms with van der Waals surface area (Å²) in [6, 6.07) is 4.27. The van der Waals surface area contributed by atoms with Crippen LogP contribution in [-0.4, -0.2) is 37.8 Å². The van der Waals surface area contributed by atoms with Gasteiger partial charge in [-0.2, -0.15) is 4.31 Å². The van der Waals surface area contributed by atoms with Gasteiger partial charge in [-0.25, -0.2) is 8.42 Å². The van der Waals surface area contributed by atoms with E-state index in [9.17, 15) is 13.2 Å². The lowest BCUT2D eigenvalue weighted by Gasteiger charge is -2.21. The number of benzene rings is 1. The first-order valence-electron chi connectivity index (χ1n) is 7.99. The number of nitrogens with one attached hydrogen (secondary N) is 1. The smallest absolute Gasteiger partial charge is 0.243 e. The summed E-state index contributed by atoms with van der Waals surface area (Å²) in [6.07, 6.45) is 3.91. The van der Waals surface area contributed by atoms with Gasteiger partial charge in [0, 0.05) is 18.8 Å². The number of sulfonamides is 1. The average molecular weight is 339 g/mol. The van der Waals surface area contributed by atoms with E-state index in [1.54, 1.807) is 30.3 Å². The number of anilines is 1. The van der Waals surface area contributed by atoms with Crippen LogP contribution in [0.3, 0.4) is 0 Å². The molecule has 128 valence electrons. The molecule has 0 aliphatic carbocycles. The second-order valence-corrected chi connectivity index (χ2v) is 7.98. The SMILES string of the molecule is Cc1ccc(NC(=O)[C@@H](C)N)cc1S(=O)(=O)N1CCCCCC1. The van der Waals surface area contributed by atoms with Gasteiger partial charge in [-0.1, -0.05) is 18.9 Å². The predicted octanol–water partition coefficient (Wildman–Crippen LogP) is 1.85. The number of nitrogens with zero attached hydrogens (tertiary/aromatic N) is 1. The molecule has 7 heteroatoms. The molecule has 0 unspecified atom stereocenters. The van der Waals surface area contributed by atoms with E-state index in [0.29, 0.717) is 24.3 Å². The number of aryl methyl sites for hydroxylation is 1. The fourth-order valence-electron chi connectivity index (χ4n) is 2.63. The lowest BCUT2D eigenvalue weighted by molar-refractivity contribution is -0.117. The van der Waals surface area contributed by atoms with Crippen molar-refractivity contribution < 1.29 is 13.2 Å². The summed E-state index contributed by atoms with van der Waals surface area (Å²) in [5.41, 5.74) is 6.66. The minimum absolute atomic E-state index is 0.252. The Hall–Kier alpha value is -1.44. The summed E-state index contributed by atoms with van der Waals surface area (Å²) in [5, 5.41) is 2.65. The Bertz CT molecular complexity index is 663. The second kappa shape index (κ2) is 7.42. The minimum atomic E-state index is -3.54. The highest BCUT2D eigenvalue weighted by Gasteiger charge is 2.27. The Labute approximate surface area is 138 Å². The van der Waals surface area contributed by atoms with E-state index in [2.05, 4.69) is 5.32 Å². The van der Waals surface area contributed by atoms with Gasteiger partial charge >= 0.3 is 0 Å². The third-order valence-corrected chi connectivity index (χ3v) is 6.09. The molecule has 1 aliphatic heterocycles. The molecule has 2 rings (SSSR count). The van der Waals surface area contributed by atoms with Crippen molar-refractivity contribution >= 4 is 21.6 Å². The first kappa shape index (κ1) is 17.9. The van der Waals surface area contributed by atoms with Crippen molar-refractivity contribution in [1.82, 2.24) is 4.31 Å². The van der Waals surface area contributed by atoms with Crippen molar-refractivity contribution in [2.75, 3.05) is 18.4 Å². The van der Waals surface area contributed by atoms with Crippen LogP contribution >= 0.6 is 0 Å². The van der Waals surface area contributed by atoms with Gasteiger partial charge in [0.05, 0.1) is 10.9 Å². The quantitative estimate of drug-likeness (QED) is 0.875. The van der Waals surface area contributed by atoms with Crippen LogP contribution in [0, 0.1) is 6.92 Å². The van der Waals surface area contributed by atoms with E-state index in [0.717, 1.165) is 25.7 Å². The number of rotatable bonds is 4. The summed E-state index contributed by atoms with van der Waals surface area (Å²) in [5.74, 6) is -0.341. The highest BCUT2D eigenvalue weighted by atomic mass is 32.2. The van der Waals surface area contributed by atoms with E-state index in [1.807, 2.05) is 0 Å². The van der Waals surface area contributed by atoms with Gasteiger partial charge in [-0.05, 0) is 44.4 Å². The summed E-state index contributed by atoms with van der Waals surface area (Å²) in [6.45, 7) is 4.46. The van der Waals surface area contributed by atoms with Gasteiger partial charge in [-0.3, -0.25) is 4.79 Å². The molecular formula is C16H25N3O3S. The molecule has 0 spiro atoms. The number of hydrogen-bond donors (Lipinski definition) is 2. The molecule has 1 atom stereocenters. The number of carbonyl (C=O) groups excluding carboxylic acids is 1. The molecule has 0 bridgehead atoms. The van der Waals surface area contributed by atoms with Crippen LogP contribution in [-0.2, 0) is 14.8 Å². The maximum Gasteiger partial charge on any atom is 0.243 e. The van der Waals surface area contributed by atoms with Crippen LogP contribution < -0.4 is 11.1 Å². The number of amides is 1. The van der Waals surface area contributed by atoms with E-state index >= 15 is 0 Å². The zero-order chi connectivity index (χ0) is 17.0. The third kappa shape index (κ3) is 4.31. The first-order valence-corrected chi connectivity index (χ1v) is 9.43. The molecular weight excluding hydrogens is 314 g/mol. The third-order valence-electron chi connectivity index (χ3n) is 4.05. The Morgan fingerprint density at radius 1 is 1.22 bits per heavy atom. The van der Waals surface area contributed by atoms with E-state index in [-0.39, 0.29) is 10.8 Å². The van der Waals surface area contributed by atoms with Crippen molar-refractivity contribution in [2.24, 2.45) is 5.73 Å². The summed E-state index contributed by atoms with van der Waals surface area (Å²) in [4.78, 5) is 12.0. The Morgan fingerprint density at radius 2 is 1.83 bits per heavy atom. The van der Waals surface area contributed by atoms with Crippen molar-refractivity contribution in [3.8, 4) is 0 Å². The molecule has 1 aromatic rings. The molecule has 0 saturated carbocycles. The highest BCUT2D eigenvalue weighted by Crippen LogP contribution is 2.25. The maximum absolute atomic E-state index is 12.9. The molecule has 6 nitrogen and oxygen atoms in total. The van der Waals surface area contributed by atoms with Crippen LogP contribution in [0.25, 0.3) is 0 Å². The van der Waals surface area contributed by atoms with Crippen molar-refractivity contribution in [2.45, 2.75) is 50.5 Å². The summed E-state index contributed by atoms with van der Waals surface area (Å²) in [7, 11) is -3.54. The Kier molecular flexibility index (Phi) is 5.78. The fraction of sp³-hybridized carbons (Fsp3) is 0.562. The summed E-state index contributed by atoms with van der Waals surface area (Å²) >= 11 is 0. The van der Waals surface area contributed by atoms with Gasteiger partial charge in [0.25, 0.3) is 0 Å². The van der Waals surface area contributed by atoms with Crippen molar-refractivity contribution in [3.63, 3.8) is 0 Å². The molecule has 3 N–H and O–H groups in total. The zero-order valence-electron chi connectivity index (χ0n) is 13.7. The highest BCUT2D eigenvalue weighted by molar-refractivity contribution is 7.89.